The average Bonchev–Trinajstić information content (AvgIpc) is 2.54. The van der Waals surface area contributed by atoms with Crippen molar-refractivity contribution in [1.82, 2.24) is 10.4 Å². The molecule has 1 aromatic heterocycles. The molecule has 1 heterocycles. The zero-order valence-corrected chi connectivity index (χ0v) is 13.6. The minimum absolute atomic E-state index is 0.159. The first-order valence-corrected chi connectivity index (χ1v) is 7.65. The molecule has 0 spiro atoms. The van der Waals surface area contributed by atoms with Gasteiger partial charge in [-0.3, -0.25) is 9.78 Å². The van der Waals surface area contributed by atoms with Gasteiger partial charge in [-0.2, -0.15) is 5.10 Å². The number of aromatic nitrogens is 1. The Morgan fingerprint density at radius 3 is 3.00 bits per heavy atom. The topological polar surface area (TPSA) is 63.6 Å². The highest BCUT2D eigenvalue weighted by molar-refractivity contribution is 6.30. The normalized spacial score (nSPS) is 10.7. The van der Waals surface area contributed by atoms with E-state index in [0.29, 0.717) is 30.2 Å². The van der Waals surface area contributed by atoms with Gasteiger partial charge in [-0.25, -0.2) is 5.43 Å². The molecule has 0 atom stereocenters. The Bertz CT molecular complexity index is 675. The number of hydrazone groups is 1. The van der Waals surface area contributed by atoms with Gasteiger partial charge in [0.25, 0.3) is 0 Å². The third-order valence-corrected chi connectivity index (χ3v) is 3.25. The van der Waals surface area contributed by atoms with Crippen LogP contribution >= 0.6 is 11.6 Å². The highest BCUT2D eigenvalue weighted by atomic mass is 35.5. The zero-order valence-electron chi connectivity index (χ0n) is 12.8. The number of hydrogen-bond acceptors (Lipinski definition) is 4. The molecule has 0 saturated heterocycles. The summed E-state index contributed by atoms with van der Waals surface area (Å²) in [5.74, 6) is 0.622. The molecule has 0 aliphatic heterocycles. The third-order valence-electron chi connectivity index (χ3n) is 3.02. The van der Waals surface area contributed by atoms with Gasteiger partial charge in [-0.1, -0.05) is 17.7 Å². The molecule has 1 amide bonds. The maximum Gasteiger partial charge on any atom is 0.240 e. The Balaban J connectivity index is 1.66. The number of carbonyl (C=O) groups excluding carboxylic acids is 1. The van der Waals surface area contributed by atoms with Gasteiger partial charge in [0.2, 0.25) is 5.91 Å². The molecule has 120 valence electrons. The van der Waals surface area contributed by atoms with Crippen molar-refractivity contribution in [3.8, 4) is 5.75 Å². The fourth-order valence-corrected chi connectivity index (χ4v) is 2.09. The van der Waals surface area contributed by atoms with E-state index in [2.05, 4.69) is 15.5 Å². The van der Waals surface area contributed by atoms with Crippen LogP contribution in [0.1, 0.15) is 24.1 Å². The van der Waals surface area contributed by atoms with Crippen molar-refractivity contribution < 1.29 is 9.53 Å². The average molecular weight is 332 g/mol. The van der Waals surface area contributed by atoms with Gasteiger partial charge in [0.1, 0.15) is 5.75 Å². The van der Waals surface area contributed by atoms with E-state index in [9.17, 15) is 4.79 Å². The molecule has 0 aliphatic rings. The molecule has 2 rings (SSSR count). The van der Waals surface area contributed by atoms with Crippen LogP contribution in [-0.4, -0.2) is 23.7 Å². The van der Waals surface area contributed by atoms with E-state index in [0.717, 1.165) is 11.3 Å². The highest BCUT2D eigenvalue weighted by Crippen LogP contribution is 2.21. The summed E-state index contributed by atoms with van der Waals surface area (Å²) >= 11 is 5.89. The molecule has 2 aromatic rings. The van der Waals surface area contributed by atoms with Crippen LogP contribution < -0.4 is 10.2 Å². The lowest BCUT2D eigenvalue weighted by Gasteiger charge is -2.08. The summed E-state index contributed by atoms with van der Waals surface area (Å²) in [7, 11) is 0. The molecule has 1 N–H and O–H groups in total. The molecule has 0 radical (unpaired) electrons. The van der Waals surface area contributed by atoms with Crippen molar-refractivity contribution in [3.05, 3.63) is 58.9 Å². The first-order valence-electron chi connectivity index (χ1n) is 7.27. The number of aryl methyl sites for hydroxylation is 1. The number of nitrogens with zero attached hydrogens (tertiary/aromatic N) is 2. The van der Waals surface area contributed by atoms with Crippen molar-refractivity contribution in [2.45, 2.75) is 19.8 Å². The monoisotopic (exact) mass is 331 g/mol. The van der Waals surface area contributed by atoms with Crippen LogP contribution in [0.15, 0.2) is 47.7 Å². The van der Waals surface area contributed by atoms with Gasteiger partial charge < -0.3 is 4.74 Å². The van der Waals surface area contributed by atoms with Crippen molar-refractivity contribution in [2.75, 3.05) is 6.61 Å². The number of ether oxygens (including phenoxy) is 1. The second-order valence-corrected chi connectivity index (χ2v) is 5.35. The van der Waals surface area contributed by atoms with Gasteiger partial charge in [-0.05, 0) is 49.2 Å². The minimum atomic E-state index is -0.159. The number of hydrogen-bond donors (Lipinski definition) is 1. The fraction of sp³-hybridized carbons (Fsp3) is 0.235. The maximum atomic E-state index is 11.6. The first kappa shape index (κ1) is 17.0. The van der Waals surface area contributed by atoms with Crippen molar-refractivity contribution >= 4 is 23.7 Å². The van der Waals surface area contributed by atoms with Gasteiger partial charge in [-0.15, -0.1) is 0 Å². The minimum Gasteiger partial charge on any atom is -0.493 e. The van der Waals surface area contributed by atoms with Gasteiger partial charge >= 0.3 is 0 Å². The SMILES string of the molecule is Cc1cc(Cl)ccc1OCCCC(=O)NN=Cc1ccccn1. The largest absolute Gasteiger partial charge is 0.493 e. The van der Waals surface area contributed by atoms with Crippen LogP contribution in [0.4, 0.5) is 0 Å². The summed E-state index contributed by atoms with van der Waals surface area (Å²) in [6, 6.07) is 10.9. The van der Waals surface area contributed by atoms with Gasteiger partial charge in [0, 0.05) is 17.6 Å². The summed E-state index contributed by atoms with van der Waals surface area (Å²) in [5, 5.41) is 4.54. The van der Waals surface area contributed by atoms with Crippen LogP contribution in [0.3, 0.4) is 0 Å². The second kappa shape index (κ2) is 8.90. The Morgan fingerprint density at radius 1 is 1.39 bits per heavy atom. The van der Waals surface area contributed by atoms with Crippen LogP contribution in [-0.2, 0) is 4.79 Å². The number of benzene rings is 1. The second-order valence-electron chi connectivity index (χ2n) is 4.91. The van der Waals surface area contributed by atoms with Crippen LogP contribution in [0, 0.1) is 6.92 Å². The molecule has 0 unspecified atom stereocenters. The van der Waals surface area contributed by atoms with Crippen LogP contribution in [0.25, 0.3) is 0 Å². The molecular formula is C17H18ClN3O2. The number of nitrogens with one attached hydrogen (secondary N) is 1. The molecule has 0 aliphatic carbocycles. The summed E-state index contributed by atoms with van der Waals surface area (Å²) < 4.78 is 5.63. The highest BCUT2D eigenvalue weighted by Gasteiger charge is 2.02. The van der Waals surface area contributed by atoms with Gasteiger partial charge in [0.05, 0.1) is 18.5 Å². The Kier molecular flexibility index (Phi) is 6.56. The van der Waals surface area contributed by atoms with E-state index >= 15 is 0 Å². The lowest BCUT2D eigenvalue weighted by Crippen LogP contribution is -2.18. The molecule has 0 bridgehead atoms. The molecule has 0 saturated carbocycles. The molecular weight excluding hydrogens is 314 g/mol. The van der Waals surface area contributed by atoms with Crippen LogP contribution in [0.2, 0.25) is 5.02 Å². The van der Waals surface area contributed by atoms with Crippen molar-refractivity contribution in [3.63, 3.8) is 0 Å². The Labute approximate surface area is 140 Å². The molecule has 6 heteroatoms. The van der Waals surface area contributed by atoms with E-state index in [1.165, 1.54) is 6.21 Å². The summed E-state index contributed by atoms with van der Waals surface area (Å²) in [5.41, 5.74) is 4.13. The molecule has 5 nitrogen and oxygen atoms in total. The predicted molar refractivity (Wildman–Crippen MR) is 90.9 cm³/mol. The first-order chi connectivity index (χ1) is 11.1. The van der Waals surface area contributed by atoms with Crippen molar-refractivity contribution in [2.24, 2.45) is 5.10 Å². The Morgan fingerprint density at radius 2 is 2.26 bits per heavy atom. The van der Waals surface area contributed by atoms with Gasteiger partial charge in [0.15, 0.2) is 0 Å². The standard InChI is InChI=1S/C17H18ClN3O2/c1-13-11-14(18)7-8-16(13)23-10-4-6-17(22)21-20-12-15-5-2-3-9-19-15/h2-3,5,7-9,11-12H,4,6,10H2,1H3,(H,21,22). The molecule has 0 fully saturated rings. The van der Waals surface area contributed by atoms with E-state index in [1.54, 1.807) is 18.3 Å². The quantitative estimate of drug-likeness (QED) is 0.480. The number of amides is 1. The van der Waals surface area contributed by atoms with E-state index in [1.807, 2.05) is 31.2 Å². The lowest BCUT2D eigenvalue weighted by molar-refractivity contribution is -0.121. The maximum absolute atomic E-state index is 11.6. The molecule has 1 aromatic carbocycles. The van der Waals surface area contributed by atoms with Crippen LogP contribution in [0.5, 0.6) is 5.75 Å². The zero-order chi connectivity index (χ0) is 16.5. The lowest BCUT2D eigenvalue weighted by atomic mass is 10.2. The van der Waals surface area contributed by atoms with E-state index < -0.39 is 0 Å². The number of rotatable bonds is 7. The summed E-state index contributed by atoms with van der Waals surface area (Å²) in [4.78, 5) is 15.7. The fourth-order valence-electron chi connectivity index (χ4n) is 1.87. The summed E-state index contributed by atoms with van der Waals surface area (Å²) in [6.07, 6.45) is 4.12. The Hall–Kier alpha value is -2.40. The number of carbonyl (C=O) groups is 1. The van der Waals surface area contributed by atoms with Crippen molar-refractivity contribution in [1.29, 1.82) is 0 Å². The predicted octanol–water partition coefficient (Wildman–Crippen LogP) is 3.35. The summed E-state index contributed by atoms with van der Waals surface area (Å²) in [6.45, 7) is 2.39. The van der Waals surface area contributed by atoms with E-state index in [4.69, 9.17) is 16.3 Å². The van der Waals surface area contributed by atoms with E-state index in [-0.39, 0.29) is 5.91 Å². The molecule has 23 heavy (non-hydrogen) atoms. The third kappa shape index (κ3) is 6.08. The smallest absolute Gasteiger partial charge is 0.240 e. The number of halogens is 1. The number of pyridine rings is 1.